The number of carbonyl (C=O) groups excluding carboxylic acids is 1. The van der Waals surface area contributed by atoms with Gasteiger partial charge in [0.15, 0.2) is 0 Å². The maximum Gasteiger partial charge on any atom is 0.257 e. The molecular weight excluding hydrogens is 410 g/mol. The van der Waals surface area contributed by atoms with Gasteiger partial charge < -0.3 is 5.32 Å². The lowest BCUT2D eigenvalue weighted by molar-refractivity contribution is 0.0977. The summed E-state index contributed by atoms with van der Waals surface area (Å²) in [6.07, 6.45) is 0. The van der Waals surface area contributed by atoms with E-state index in [4.69, 9.17) is 4.99 Å². The van der Waals surface area contributed by atoms with Crippen molar-refractivity contribution in [1.29, 1.82) is 0 Å². The number of hydrogen-bond donors (Lipinski definition) is 2. The van der Waals surface area contributed by atoms with Crippen LogP contribution < -0.4 is 10.6 Å². The van der Waals surface area contributed by atoms with Crippen LogP contribution in [0.15, 0.2) is 47.5 Å². The predicted octanol–water partition coefficient (Wildman–Crippen LogP) is 5.66. The SMILES string of the molecule is CCn1nc(C)c(CN=C(NC(=O)c2ccc(C)c(C)c2)Nc2ccc(C(C)C)cc2)c1C. The summed E-state index contributed by atoms with van der Waals surface area (Å²) in [5.41, 5.74) is 8.10. The van der Waals surface area contributed by atoms with Gasteiger partial charge in [-0.05, 0) is 81.5 Å². The summed E-state index contributed by atoms with van der Waals surface area (Å²) in [6.45, 7) is 15.7. The summed E-state index contributed by atoms with van der Waals surface area (Å²) < 4.78 is 1.98. The molecule has 33 heavy (non-hydrogen) atoms. The summed E-state index contributed by atoms with van der Waals surface area (Å²) in [5.74, 6) is 0.678. The predicted molar refractivity (Wildman–Crippen MR) is 136 cm³/mol. The minimum absolute atomic E-state index is 0.194. The van der Waals surface area contributed by atoms with Crippen LogP contribution in [0.1, 0.15) is 70.7 Å². The van der Waals surface area contributed by atoms with Crippen LogP contribution in [0.4, 0.5) is 5.69 Å². The zero-order chi connectivity index (χ0) is 24.1. The van der Waals surface area contributed by atoms with Crippen molar-refractivity contribution in [1.82, 2.24) is 15.1 Å². The lowest BCUT2D eigenvalue weighted by atomic mass is 10.0. The number of anilines is 1. The highest BCUT2D eigenvalue weighted by atomic mass is 16.1. The number of nitrogens with one attached hydrogen (secondary N) is 2. The largest absolute Gasteiger partial charge is 0.326 e. The van der Waals surface area contributed by atoms with Crippen molar-refractivity contribution in [3.8, 4) is 0 Å². The van der Waals surface area contributed by atoms with Crippen LogP contribution in [0.3, 0.4) is 0 Å². The topological polar surface area (TPSA) is 71.3 Å². The normalized spacial score (nSPS) is 11.7. The quantitative estimate of drug-likeness (QED) is 0.380. The van der Waals surface area contributed by atoms with Gasteiger partial charge in [-0.25, -0.2) is 4.99 Å². The van der Waals surface area contributed by atoms with Gasteiger partial charge in [0.05, 0.1) is 12.2 Å². The van der Waals surface area contributed by atoms with Gasteiger partial charge in [-0.1, -0.05) is 32.0 Å². The first kappa shape index (κ1) is 24.2. The maximum atomic E-state index is 13.0. The summed E-state index contributed by atoms with van der Waals surface area (Å²) in [5, 5.41) is 10.8. The van der Waals surface area contributed by atoms with E-state index in [1.165, 1.54) is 5.56 Å². The molecule has 0 fully saturated rings. The Balaban J connectivity index is 1.87. The number of aryl methyl sites for hydroxylation is 4. The summed E-state index contributed by atoms with van der Waals surface area (Å²) in [6, 6.07) is 13.9. The Labute approximate surface area is 197 Å². The summed E-state index contributed by atoms with van der Waals surface area (Å²) in [7, 11) is 0. The van der Waals surface area contributed by atoms with E-state index in [2.05, 4.69) is 55.6 Å². The Kier molecular flexibility index (Phi) is 7.69. The van der Waals surface area contributed by atoms with Crippen LogP contribution >= 0.6 is 0 Å². The Morgan fingerprint density at radius 1 is 1.03 bits per heavy atom. The van der Waals surface area contributed by atoms with Crippen LogP contribution in [0.5, 0.6) is 0 Å². The Hall–Kier alpha value is -3.41. The molecule has 0 aliphatic heterocycles. The fourth-order valence-electron chi connectivity index (χ4n) is 3.69. The second kappa shape index (κ2) is 10.5. The molecule has 0 spiro atoms. The minimum atomic E-state index is -0.194. The smallest absolute Gasteiger partial charge is 0.257 e. The number of hydrogen-bond acceptors (Lipinski definition) is 3. The molecule has 0 aliphatic rings. The first-order valence-electron chi connectivity index (χ1n) is 11.5. The van der Waals surface area contributed by atoms with E-state index in [-0.39, 0.29) is 5.91 Å². The van der Waals surface area contributed by atoms with Crippen molar-refractivity contribution in [2.24, 2.45) is 4.99 Å². The molecular formula is C27H35N5O. The molecule has 6 nitrogen and oxygen atoms in total. The number of amides is 1. The summed E-state index contributed by atoms with van der Waals surface area (Å²) in [4.78, 5) is 17.7. The van der Waals surface area contributed by atoms with Crippen LogP contribution in [-0.2, 0) is 13.1 Å². The minimum Gasteiger partial charge on any atom is -0.326 e. The third-order valence-corrected chi connectivity index (χ3v) is 6.07. The van der Waals surface area contributed by atoms with E-state index in [9.17, 15) is 4.79 Å². The highest BCUT2D eigenvalue weighted by Gasteiger charge is 2.13. The van der Waals surface area contributed by atoms with Crippen molar-refractivity contribution < 1.29 is 4.79 Å². The zero-order valence-corrected chi connectivity index (χ0v) is 20.8. The van der Waals surface area contributed by atoms with Crippen molar-refractivity contribution in [2.45, 2.75) is 67.5 Å². The van der Waals surface area contributed by atoms with Gasteiger partial charge in [-0.3, -0.25) is 14.8 Å². The van der Waals surface area contributed by atoms with E-state index in [1.807, 2.05) is 55.8 Å². The van der Waals surface area contributed by atoms with Crippen molar-refractivity contribution in [3.63, 3.8) is 0 Å². The Bertz CT molecular complexity index is 1160. The fourth-order valence-corrected chi connectivity index (χ4v) is 3.69. The second-order valence-corrected chi connectivity index (χ2v) is 8.78. The molecule has 174 valence electrons. The molecule has 0 unspecified atom stereocenters. The van der Waals surface area contributed by atoms with E-state index in [0.29, 0.717) is 24.0 Å². The van der Waals surface area contributed by atoms with Crippen LogP contribution in [0.2, 0.25) is 0 Å². The number of carbonyl (C=O) groups is 1. The average Bonchev–Trinajstić information content (AvgIpc) is 3.06. The highest BCUT2D eigenvalue weighted by molar-refractivity contribution is 6.10. The van der Waals surface area contributed by atoms with Crippen LogP contribution in [0, 0.1) is 27.7 Å². The Morgan fingerprint density at radius 3 is 2.30 bits per heavy atom. The number of nitrogens with zero attached hydrogens (tertiary/aromatic N) is 3. The van der Waals surface area contributed by atoms with Gasteiger partial charge in [0, 0.05) is 29.1 Å². The molecule has 3 rings (SSSR count). The molecule has 3 aromatic rings. The second-order valence-electron chi connectivity index (χ2n) is 8.78. The van der Waals surface area contributed by atoms with E-state index >= 15 is 0 Å². The van der Waals surface area contributed by atoms with E-state index in [0.717, 1.165) is 40.3 Å². The molecule has 1 amide bonds. The third kappa shape index (κ3) is 5.89. The molecule has 2 N–H and O–H groups in total. The molecule has 6 heteroatoms. The van der Waals surface area contributed by atoms with Crippen molar-refractivity contribution >= 4 is 17.6 Å². The van der Waals surface area contributed by atoms with Gasteiger partial charge in [0.1, 0.15) is 0 Å². The van der Waals surface area contributed by atoms with Crippen LogP contribution in [-0.4, -0.2) is 21.6 Å². The number of guanidine groups is 1. The number of aromatic nitrogens is 2. The Morgan fingerprint density at radius 2 is 1.73 bits per heavy atom. The maximum absolute atomic E-state index is 13.0. The monoisotopic (exact) mass is 445 g/mol. The van der Waals surface area contributed by atoms with Crippen molar-refractivity contribution in [2.75, 3.05) is 5.32 Å². The lowest BCUT2D eigenvalue weighted by Crippen LogP contribution is -2.36. The molecule has 1 heterocycles. The van der Waals surface area contributed by atoms with Crippen molar-refractivity contribution in [3.05, 3.63) is 81.7 Å². The first-order chi connectivity index (χ1) is 15.7. The van der Waals surface area contributed by atoms with Gasteiger partial charge in [0.25, 0.3) is 5.91 Å². The number of rotatable bonds is 6. The lowest BCUT2D eigenvalue weighted by Gasteiger charge is -2.14. The number of aliphatic imine (C=N–C) groups is 1. The third-order valence-electron chi connectivity index (χ3n) is 6.07. The molecule has 1 aromatic heterocycles. The summed E-state index contributed by atoms with van der Waals surface area (Å²) >= 11 is 0. The zero-order valence-electron chi connectivity index (χ0n) is 20.8. The standard InChI is InChI=1S/C27H35N5O/c1-8-32-21(7)25(20(6)31-32)16-28-27(29-24-13-11-22(12-14-24)17(2)3)30-26(33)23-10-9-18(4)19(5)15-23/h9-15,17H,8,16H2,1-7H3,(H2,28,29,30,33). The molecule has 0 atom stereocenters. The molecule has 0 bridgehead atoms. The molecule has 0 saturated carbocycles. The fraction of sp³-hybridized carbons (Fsp3) is 0.370. The highest BCUT2D eigenvalue weighted by Crippen LogP contribution is 2.18. The molecule has 2 aromatic carbocycles. The molecule has 0 saturated heterocycles. The average molecular weight is 446 g/mol. The molecule has 0 radical (unpaired) electrons. The van der Waals surface area contributed by atoms with Gasteiger partial charge in [-0.2, -0.15) is 5.10 Å². The van der Waals surface area contributed by atoms with E-state index in [1.54, 1.807) is 0 Å². The van der Waals surface area contributed by atoms with Gasteiger partial charge >= 0.3 is 0 Å². The molecule has 0 aliphatic carbocycles. The van der Waals surface area contributed by atoms with Gasteiger partial charge in [-0.15, -0.1) is 0 Å². The van der Waals surface area contributed by atoms with E-state index < -0.39 is 0 Å². The number of benzene rings is 2. The first-order valence-corrected chi connectivity index (χ1v) is 11.5. The van der Waals surface area contributed by atoms with Gasteiger partial charge in [0.2, 0.25) is 5.96 Å². The van der Waals surface area contributed by atoms with Crippen LogP contribution in [0.25, 0.3) is 0 Å².